The van der Waals surface area contributed by atoms with Crippen LogP contribution in [0.5, 0.6) is 0 Å². The highest BCUT2D eigenvalue weighted by atomic mass is 35.5. The Morgan fingerprint density at radius 2 is 1.96 bits per heavy atom. The summed E-state index contributed by atoms with van der Waals surface area (Å²) in [6.07, 6.45) is 0.108. The Morgan fingerprint density at radius 3 is 2.52 bits per heavy atom. The van der Waals surface area contributed by atoms with Crippen molar-refractivity contribution >= 4 is 18.3 Å². The minimum atomic E-state index is -4.35. The van der Waals surface area contributed by atoms with Crippen molar-refractivity contribution in [2.24, 2.45) is 5.73 Å². The number of carbonyl (C=O) groups excluding carboxylic acids is 1. The SMILES string of the molecule is CC(N)CCC(=O)NCC1(c2cccc(C(F)(F)F)c2)CCCC1.Cl. The Kier molecular flexibility index (Phi) is 7.75. The number of halogens is 4. The predicted octanol–water partition coefficient (Wildman–Crippen LogP) is 4.18. The molecule has 1 aliphatic carbocycles. The van der Waals surface area contributed by atoms with Crippen LogP contribution >= 0.6 is 12.4 Å². The van der Waals surface area contributed by atoms with Gasteiger partial charge in [-0.15, -0.1) is 12.4 Å². The van der Waals surface area contributed by atoms with Gasteiger partial charge in [-0.3, -0.25) is 4.79 Å². The lowest BCUT2D eigenvalue weighted by molar-refractivity contribution is -0.137. The molecule has 1 unspecified atom stereocenters. The van der Waals surface area contributed by atoms with Crippen molar-refractivity contribution in [2.75, 3.05) is 6.54 Å². The Bertz CT molecular complexity index is 570. The van der Waals surface area contributed by atoms with Gasteiger partial charge in [0.2, 0.25) is 5.91 Å². The summed E-state index contributed by atoms with van der Waals surface area (Å²) in [6.45, 7) is 2.22. The van der Waals surface area contributed by atoms with Gasteiger partial charge in [-0.25, -0.2) is 0 Å². The zero-order valence-electron chi connectivity index (χ0n) is 14.4. The van der Waals surface area contributed by atoms with Gasteiger partial charge < -0.3 is 11.1 Å². The van der Waals surface area contributed by atoms with Gasteiger partial charge in [0, 0.05) is 24.4 Å². The minimum Gasteiger partial charge on any atom is -0.355 e. The standard InChI is InChI=1S/C18H25F3N2O.ClH/c1-13(22)7-8-16(24)23-12-17(9-2-3-10-17)14-5-4-6-15(11-14)18(19,20)21;/h4-6,11,13H,2-3,7-10,12,22H2,1H3,(H,23,24);1H. The molecular formula is C18H26ClF3N2O. The number of hydrogen-bond acceptors (Lipinski definition) is 2. The Labute approximate surface area is 153 Å². The fourth-order valence-corrected chi connectivity index (χ4v) is 3.36. The van der Waals surface area contributed by atoms with Crippen molar-refractivity contribution in [3.05, 3.63) is 35.4 Å². The molecule has 0 spiro atoms. The fourth-order valence-electron chi connectivity index (χ4n) is 3.36. The number of nitrogens with one attached hydrogen (secondary N) is 1. The molecule has 25 heavy (non-hydrogen) atoms. The first-order valence-corrected chi connectivity index (χ1v) is 8.43. The summed E-state index contributed by atoms with van der Waals surface area (Å²) in [5, 5.41) is 2.90. The minimum absolute atomic E-state index is 0. The Hall–Kier alpha value is -1.27. The van der Waals surface area contributed by atoms with Gasteiger partial charge in [-0.05, 0) is 37.8 Å². The molecular weight excluding hydrogens is 353 g/mol. The summed E-state index contributed by atoms with van der Waals surface area (Å²) in [4.78, 5) is 12.0. The number of nitrogens with two attached hydrogens (primary N) is 1. The lowest BCUT2D eigenvalue weighted by atomic mass is 9.78. The maximum atomic E-state index is 13.0. The Morgan fingerprint density at radius 1 is 1.32 bits per heavy atom. The van der Waals surface area contributed by atoms with Crippen molar-refractivity contribution in [1.82, 2.24) is 5.32 Å². The lowest BCUT2D eigenvalue weighted by Crippen LogP contribution is -2.39. The first kappa shape index (κ1) is 21.8. The van der Waals surface area contributed by atoms with E-state index in [9.17, 15) is 18.0 Å². The summed E-state index contributed by atoms with van der Waals surface area (Å²) >= 11 is 0. The van der Waals surface area contributed by atoms with E-state index in [2.05, 4.69) is 5.32 Å². The van der Waals surface area contributed by atoms with Gasteiger partial charge >= 0.3 is 6.18 Å². The lowest BCUT2D eigenvalue weighted by Gasteiger charge is -2.30. The molecule has 142 valence electrons. The van der Waals surface area contributed by atoms with E-state index in [4.69, 9.17) is 5.73 Å². The summed E-state index contributed by atoms with van der Waals surface area (Å²) in [5.41, 5.74) is 5.29. The third kappa shape index (κ3) is 5.89. The molecule has 2 rings (SSSR count). The van der Waals surface area contributed by atoms with Crippen molar-refractivity contribution in [1.29, 1.82) is 0 Å². The molecule has 0 bridgehead atoms. The number of carbonyl (C=O) groups is 1. The van der Waals surface area contributed by atoms with Crippen LogP contribution in [0.3, 0.4) is 0 Å². The molecule has 0 aromatic heterocycles. The molecule has 0 radical (unpaired) electrons. The van der Waals surface area contributed by atoms with Gasteiger partial charge in [0.15, 0.2) is 0 Å². The van der Waals surface area contributed by atoms with Gasteiger partial charge in [0.05, 0.1) is 5.56 Å². The molecule has 1 saturated carbocycles. The predicted molar refractivity (Wildman–Crippen MR) is 94.7 cm³/mol. The van der Waals surface area contributed by atoms with Crippen molar-refractivity contribution in [3.63, 3.8) is 0 Å². The first-order valence-electron chi connectivity index (χ1n) is 8.43. The van der Waals surface area contributed by atoms with Crippen LogP contribution in [-0.2, 0) is 16.4 Å². The van der Waals surface area contributed by atoms with Crippen LogP contribution < -0.4 is 11.1 Å². The fraction of sp³-hybridized carbons (Fsp3) is 0.611. The smallest absolute Gasteiger partial charge is 0.355 e. The van der Waals surface area contributed by atoms with Crippen LogP contribution in [0.25, 0.3) is 0 Å². The molecule has 3 N–H and O–H groups in total. The van der Waals surface area contributed by atoms with Gasteiger partial charge in [-0.2, -0.15) is 13.2 Å². The number of benzene rings is 1. The normalized spacial score (nSPS) is 17.6. The van der Waals surface area contributed by atoms with Gasteiger partial charge in [0.25, 0.3) is 0 Å². The van der Waals surface area contributed by atoms with E-state index in [0.29, 0.717) is 24.9 Å². The second kappa shape index (κ2) is 8.90. The van der Waals surface area contributed by atoms with Crippen LogP contribution in [0, 0.1) is 0 Å². The van der Waals surface area contributed by atoms with E-state index in [1.165, 1.54) is 12.1 Å². The van der Waals surface area contributed by atoms with E-state index < -0.39 is 17.2 Å². The second-order valence-electron chi connectivity index (χ2n) is 6.86. The second-order valence-corrected chi connectivity index (χ2v) is 6.86. The molecule has 1 aromatic carbocycles. The number of hydrogen-bond donors (Lipinski definition) is 2. The molecule has 0 aliphatic heterocycles. The van der Waals surface area contributed by atoms with Gasteiger partial charge in [0.1, 0.15) is 0 Å². The number of amides is 1. The molecule has 7 heteroatoms. The average Bonchev–Trinajstić information content (AvgIpc) is 3.00. The highest BCUT2D eigenvalue weighted by Crippen LogP contribution is 2.42. The molecule has 1 atom stereocenters. The zero-order chi connectivity index (χ0) is 17.8. The van der Waals surface area contributed by atoms with E-state index in [1.54, 1.807) is 6.07 Å². The highest BCUT2D eigenvalue weighted by Gasteiger charge is 2.38. The third-order valence-corrected chi connectivity index (χ3v) is 4.81. The summed E-state index contributed by atoms with van der Waals surface area (Å²) in [5.74, 6) is -0.0921. The highest BCUT2D eigenvalue weighted by molar-refractivity contribution is 5.85. The van der Waals surface area contributed by atoms with Crippen molar-refractivity contribution < 1.29 is 18.0 Å². The van der Waals surface area contributed by atoms with Crippen LogP contribution in [0.15, 0.2) is 24.3 Å². The quantitative estimate of drug-likeness (QED) is 0.780. The van der Waals surface area contributed by atoms with E-state index in [0.717, 1.165) is 31.7 Å². The molecule has 1 fully saturated rings. The monoisotopic (exact) mass is 378 g/mol. The largest absolute Gasteiger partial charge is 0.416 e. The first-order chi connectivity index (χ1) is 11.2. The molecule has 1 amide bonds. The molecule has 1 aromatic rings. The summed E-state index contributed by atoms with van der Waals surface area (Å²) in [7, 11) is 0. The number of rotatable bonds is 6. The molecule has 0 heterocycles. The van der Waals surface area contributed by atoms with Crippen LogP contribution in [0.1, 0.15) is 56.6 Å². The van der Waals surface area contributed by atoms with E-state index >= 15 is 0 Å². The van der Waals surface area contributed by atoms with Crippen molar-refractivity contribution in [2.45, 2.75) is 63.1 Å². The summed E-state index contributed by atoms with van der Waals surface area (Å²) < 4.78 is 39.0. The van der Waals surface area contributed by atoms with Gasteiger partial charge in [-0.1, -0.05) is 31.0 Å². The maximum Gasteiger partial charge on any atom is 0.416 e. The Balaban J connectivity index is 0.00000312. The van der Waals surface area contributed by atoms with Crippen LogP contribution in [-0.4, -0.2) is 18.5 Å². The van der Waals surface area contributed by atoms with Crippen molar-refractivity contribution in [3.8, 4) is 0 Å². The molecule has 3 nitrogen and oxygen atoms in total. The average molecular weight is 379 g/mol. The van der Waals surface area contributed by atoms with Crippen LogP contribution in [0.2, 0.25) is 0 Å². The third-order valence-electron chi connectivity index (χ3n) is 4.81. The van der Waals surface area contributed by atoms with E-state index in [-0.39, 0.29) is 24.4 Å². The topological polar surface area (TPSA) is 55.1 Å². The summed E-state index contributed by atoms with van der Waals surface area (Å²) in [6, 6.07) is 5.48. The maximum absolute atomic E-state index is 13.0. The van der Waals surface area contributed by atoms with E-state index in [1.807, 2.05) is 6.92 Å². The number of alkyl halides is 3. The molecule has 1 aliphatic rings. The zero-order valence-corrected chi connectivity index (χ0v) is 15.2. The van der Waals surface area contributed by atoms with Crippen LogP contribution in [0.4, 0.5) is 13.2 Å². The molecule has 0 saturated heterocycles.